The summed E-state index contributed by atoms with van der Waals surface area (Å²) in [5, 5.41) is 7.86. The summed E-state index contributed by atoms with van der Waals surface area (Å²) in [5.41, 5.74) is 9.28. The molecule has 0 radical (unpaired) electrons. The zero-order valence-corrected chi connectivity index (χ0v) is 13.7. The van der Waals surface area contributed by atoms with E-state index in [1.807, 2.05) is 16.9 Å². The van der Waals surface area contributed by atoms with Crippen LogP contribution in [0.1, 0.15) is 37.1 Å². The Morgan fingerprint density at radius 2 is 2.15 bits per heavy atom. The Labute approximate surface area is 128 Å². The number of rotatable bonds is 5. The smallest absolute Gasteiger partial charge is 0.0667 e. The molecule has 1 aromatic heterocycles. The highest BCUT2D eigenvalue weighted by Gasteiger charge is 2.14. The Bertz CT molecular complexity index is 577. The molecule has 1 aromatic carbocycles. The van der Waals surface area contributed by atoms with Gasteiger partial charge in [0.05, 0.1) is 12.2 Å². The maximum absolute atomic E-state index is 5.91. The SMILES string of the molecule is Cc1ccc(Br)c(NC(CN)c2cnn(C(C)C)c2)c1. The lowest BCUT2D eigenvalue weighted by Gasteiger charge is -2.18. The van der Waals surface area contributed by atoms with Crippen LogP contribution in [-0.2, 0) is 0 Å². The highest BCUT2D eigenvalue weighted by Crippen LogP contribution is 2.27. The number of anilines is 1. The molecule has 5 heteroatoms. The van der Waals surface area contributed by atoms with Crippen LogP contribution in [0.4, 0.5) is 5.69 Å². The van der Waals surface area contributed by atoms with Crippen LogP contribution in [0.25, 0.3) is 0 Å². The minimum atomic E-state index is 0.0561. The van der Waals surface area contributed by atoms with Crippen LogP contribution >= 0.6 is 15.9 Å². The predicted octanol–water partition coefficient (Wildman–Crippen LogP) is 3.65. The van der Waals surface area contributed by atoms with Gasteiger partial charge in [0.15, 0.2) is 0 Å². The van der Waals surface area contributed by atoms with Crippen molar-refractivity contribution in [2.24, 2.45) is 5.73 Å². The summed E-state index contributed by atoms with van der Waals surface area (Å²) >= 11 is 3.56. The third-order valence-electron chi connectivity index (χ3n) is 3.24. The molecule has 2 aromatic rings. The lowest BCUT2D eigenvalue weighted by atomic mass is 10.1. The van der Waals surface area contributed by atoms with Gasteiger partial charge in [-0.05, 0) is 54.4 Å². The van der Waals surface area contributed by atoms with Crippen LogP contribution < -0.4 is 11.1 Å². The van der Waals surface area contributed by atoms with E-state index in [1.165, 1.54) is 5.56 Å². The Kier molecular flexibility index (Phi) is 4.83. The summed E-state index contributed by atoms with van der Waals surface area (Å²) in [4.78, 5) is 0. The first-order chi connectivity index (χ1) is 9.51. The maximum atomic E-state index is 5.91. The Morgan fingerprint density at radius 3 is 2.75 bits per heavy atom. The van der Waals surface area contributed by atoms with Crippen LogP contribution in [0.15, 0.2) is 35.1 Å². The standard InChI is InChI=1S/C15H21BrN4/c1-10(2)20-9-12(8-18-20)15(7-17)19-14-6-11(3)4-5-13(14)16/h4-6,8-10,15,19H,7,17H2,1-3H3. The van der Waals surface area contributed by atoms with Gasteiger partial charge < -0.3 is 11.1 Å². The van der Waals surface area contributed by atoms with Crippen LogP contribution in [0.3, 0.4) is 0 Å². The molecule has 1 heterocycles. The van der Waals surface area contributed by atoms with Gasteiger partial charge in [0.1, 0.15) is 0 Å². The van der Waals surface area contributed by atoms with Crippen molar-refractivity contribution >= 4 is 21.6 Å². The van der Waals surface area contributed by atoms with E-state index in [4.69, 9.17) is 5.73 Å². The van der Waals surface area contributed by atoms with Crippen molar-refractivity contribution in [3.63, 3.8) is 0 Å². The Balaban J connectivity index is 2.21. The molecule has 1 atom stereocenters. The Morgan fingerprint density at radius 1 is 1.40 bits per heavy atom. The van der Waals surface area contributed by atoms with Gasteiger partial charge in [0.2, 0.25) is 0 Å². The van der Waals surface area contributed by atoms with Crippen molar-refractivity contribution in [1.29, 1.82) is 0 Å². The van der Waals surface area contributed by atoms with Crippen molar-refractivity contribution in [1.82, 2.24) is 9.78 Å². The van der Waals surface area contributed by atoms with E-state index in [2.05, 4.69) is 65.4 Å². The number of aromatic nitrogens is 2. The lowest BCUT2D eigenvalue weighted by molar-refractivity contribution is 0.531. The second-order valence-electron chi connectivity index (χ2n) is 5.26. The molecule has 0 amide bonds. The second kappa shape index (κ2) is 6.41. The normalized spacial score (nSPS) is 12.7. The minimum Gasteiger partial charge on any atom is -0.376 e. The van der Waals surface area contributed by atoms with E-state index in [9.17, 15) is 0 Å². The molecule has 0 aliphatic carbocycles. The summed E-state index contributed by atoms with van der Waals surface area (Å²) < 4.78 is 2.99. The minimum absolute atomic E-state index is 0.0561. The third kappa shape index (κ3) is 3.41. The average molecular weight is 337 g/mol. The molecule has 2 rings (SSSR count). The maximum Gasteiger partial charge on any atom is 0.0667 e. The number of benzene rings is 1. The molecule has 0 spiro atoms. The monoisotopic (exact) mass is 336 g/mol. The van der Waals surface area contributed by atoms with Crippen molar-refractivity contribution in [3.8, 4) is 0 Å². The molecular formula is C15H21BrN4. The van der Waals surface area contributed by atoms with Crippen molar-refractivity contribution in [3.05, 3.63) is 46.2 Å². The fourth-order valence-electron chi connectivity index (χ4n) is 2.03. The van der Waals surface area contributed by atoms with E-state index in [0.29, 0.717) is 12.6 Å². The number of nitrogens with zero attached hydrogens (tertiary/aromatic N) is 2. The van der Waals surface area contributed by atoms with Crippen molar-refractivity contribution < 1.29 is 0 Å². The summed E-state index contributed by atoms with van der Waals surface area (Å²) in [6.45, 7) is 6.81. The second-order valence-corrected chi connectivity index (χ2v) is 6.12. The van der Waals surface area contributed by atoms with E-state index in [-0.39, 0.29) is 6.04 Å². The van der Waals surface area contributed by atoms with E-state index in [0.717, 1.165) is 15.7 Å². The highest BCUT2D eigenvalue weighted by molar-refractivity contribution is 9.10. The topological polar surface area (TPSA) is 55.9 Å². The largest absolute Gasteiger partial charge is 0.376 e. The van der Waals surface area contributed by atoms with E-state index >= 15 is 0 Å². The molecule has 0 saturated carbocycles. The first-order valence-electron chi connectivity index (χ1n) is 6.78. The van der Waals surface area contributed by atoms with Gasteiger partial charge in [0.25, 0.3) is 0 Å². The van der Waals surface area contributed by atoms with Crippen LogP contribution in [-0.4, -0.2) is 16.3 Å². The zero-order chi connectivity index (χ0) is 14.7. The van der Waals surface area contributed by atoms with Crippen LogP contribution in [0.5, 0.6) is 0 Å². The van der Waals surface area contributed by atoms with Gasteiger partial charge in [0, 0.05) is 34.5 Å². The molecule has 108 valence electrons. The summed E-state index contributed by atoms with van der Waals surface area (Å²) in [7, 11) is 0. The predicted molar refractivity (Wildman–Crippen MR) is 86.9 cm³/mol. The van der Waals surface area contributed by atoms with Crippen molar-refractivity contribution in [2.45, 2.75) is 32.9 Å². The van der Waals surface area contributed by atoms with Gasteiger partial charge in [-0.1, -0.05) is 6.07 Å². The molecule has 1 unspecified atom stereocenters. The summed E-state index contributed by atoms with van der Waals surface area (Å²) in [5.74, 6) is 0. The van der Waals surface area contributed by atoms with Crippen molar-refractivity contribution in [2.75, 3.05) is 11.9 Å². The number of nitrogens with one attached hydrogen (secondary N) is 1. The fraction of sp³-hybridized carbons (Fsp3) is 0.400. The van der Waals surface area contributed by atoms with E-state index in [1.54, 1.807) is 0 Å². The highest BCUT2D eigenvalue weighted by atomic mass is 79.9. The molecule has 0 bridgehead atoms. The van der Waals surface area contributed by atoms with Gasteiger partial charge in [-0.15, -0.1) is 0 Å². The van der Waals surface area contributed by atoms with Crippen LogP contribution in [0, 0.1) is 6.92 Å². The molecule has 3 N–H and O–H groups in total. The van der Waals surface area contributed by atoms with Gasteiger partial charge in [-0.2, -0.15) is 5.10 Å². The molecule has 20 heavy (non-hydrogen) atoms. The lowest BCUT2D eigenvalue weighted by Crippen LogP contribution is -2.20. The quantitative estimate of drug-likeness (QED) is 0.876. The summed E-state index contributed by atoms with van der Waals surface area (Å²) in [6, 6.07) is 6.64. The van der Waals surface area contributed by atoms with Gasteiger partial charge in [-0.25, -0.2) is 0 Å². The summed E-state index contributed by atoms with van der Waals surface area (Å²) in [6.07, 6.45) is 3.94. The molecule has 4 nitrogen and oxygen atoms in total. The first kappa shape index (κ1) is 15.1. The van der Waals surface area contributed by atoms with Gasteiger partial charge >= 0.3 is 0 Å². The molecule has 0 saturated heterocycles. The zero-order valence-electron chi connectivity index (χ0n) is 12.1. The number of halogens is 1. The fourth-order valence-corrected chi connectivity index (χ4v) is 2.39. The number of hydrogen-bond acceptors (Lipinski definition) is 3. The molecule has 0 aliphatic rings. The number of aryl methyl sites for hydroxylation is 1. The average Bonchev–Trinajstić information content (AvgIpc) is 2.89. The molecule has 0 fully saturated rings. The third-order valence-corrected chi connectivity index (χ3v) is 3.93. The van der Waals surface area contributed by atoms with Gasteiger partial charge in [-0.3, -0.25) is 4.68 Å². The molecule has 0 aliphatic heterocycles. The number of nitrogens with two attached hydrogens (primary N) is 1. The first-order valence-corrected chi connectivity index (χ1v) is 7.57. The Hall–Kier alpha value is -1.33. The number of hydrogen-bond donors (Lipinski definition) is 2. The van der Waals surface area contributed by atoms with Crippen LogP contribution in [0.2, 0.25) is 0 Å². The molecular weight excluding hydrogens is 316 g/mol. The van der Waals surface area contributed by atoms with E-state index < -0.39 is 0 Å².